The molecule has 9 heteroatoms. The van der Waals surface area contributed by atoms with Crippen LogP contribution >= 0.6 is 11.3 Å². The largest absolute Gasteiger partial charge is 0.371 e. The zero-order valence-electron chi connectivity index (χ0n) is 16.0. The Morgan fingerprint density at radius 1 is 1.24 bits per heavy atom. The van der Waals surface area contributed by atoms with Crippen molar-refractivity contribution in [1.29, 1.82) is 0 Å². The fourth-order valence-electron chi connectivity index (χ4n) is 3.53. The fourth-order valence-corrected chi connectivity index (χ4v) is 4.41. The number of aromatic nitrogens is 1. The molecule has 29 heavy (non-hydrogen) atoms. The summed E-state index contributed by atoms with van der Waals surface area (Å²) in [4.78, 5) is 33.1. The first-order chi connectivity index (χ1) is 14.1. The number of ether oxygens (including phenoxy) is 1. The molecular weight excluding hydrogens is 395 g/mol. The molecule has 2 fully saturated rings. The monoisotopic (exact) mass is 418 g/mol. The quantitative estimate of drug-likeness (QED) is 0.808. The van der Waals surface area contributed by atoms with E-state index in [1.807, 2.05) is 4.90 Å². The molecule has 1 aromatic heterocycles. The first kappa shape index (κ1) is 19.9. The lowest BCUT2D eigenvalue weighted by Gasteiger charge is -2.34. The van der Waals surface area contributed by atoms with Crippen molar-refractivity contribution in [2.75, 3.05) is 44.6 Å². The number of hydrogen-bond donors (Lipinski definition) is 1. The maximum Gasteiger partial charge on any atom is 0.273 e. The average molecular weight is 418 g/mol. The summed E-state index contributed by atoms with van der Waals surface area (Å²) in [6.07, 6.45) is 2.00. The molecule has 0 spiro atoms. The lowest BCUT2D eigenvalue weighted by Crippen LogP contribution is -2.50. The maximum atomic E-state index is 13.6. The summed E-state index contributed by atoms with van der Waals surface area (Å²) >= 11 is 1.47. The van der Waals surface area contributed by atoms with Crippen LogP contribution in [0.15, 0.2) is 29.6 Å². The molecule has 2 aliphatic heterocycles. The number of hydrogen-bond acceptors (Lipinski definition) is 6. The van der Waals surface area contributed by atoms with E-state index in [1.165, 1.54) is 23.5 Å². The molecule has 0 saturated carbocycles. The number of nitrogens with zero attached hydrogens (tertiary/aromatic N) is 3. The number of amides is 2. The molecule has 2 saturated heterocycles. The smallest absolute Gasteiger partial charge is 0.273 e. The highest BCUT2D eigenvalue weighted by Gasteiger charge is 2.27. The Morgan fingerprint density at radius 2 is 2.03 bits per heavy atom. The van der Waals surface area contributed by atoms with Gasteiger partial charge in [0.2, 0.25) is 5.91 Å². The zero-order valence-corrected chi connectivity index (χ0v) is 16.8. The Hall–Kier alpha value is -2.36. The van der Waals surface area contributed by atoms with Crippen LogP contribution in [0.2, 0.25) is 0 Å². The van der Waals surface area contributed by atoms with Crippen molar-refractivity contribution >= 4 is 28.8 Å². The minimum Gasteiger partial charge on any atom is -0.371 e. The highest BCUT2D eigenvalue weighted by Crippen LogP contribution is 2.30. The number of anilines is 1. The second kappa shape index (κ2) is 8.98. The number of thiazole rings is 1. The molecule has 2 aliphatic rings. The van der Waals surface area contributed by atoms with Crippen LogP contribution in [0.25, 0.3) is 0 Å². The van der Waals surface area contributed by atoms with Crippen LogP contribution in [-0.4, -0.2) is 65.9 Å². The van der Waals surface area contributed by atoms with Gasteiger partial charge in [-0.3, -0.25) is 14.5 Å². The number of carbonyl (C=O) groups is 2. The Labute approximate surface area is 172 Å². The summed E-state index contributed by atoms with van der Waals surface area (Å²) in [6.45, 7) is 3.13. The normalized spacial score (nSPS) is 20.0. The summed E-state index contributed by atoms with van der Waals surface area (Å²) in [6, 6.07) is 6.09. The van der Waals surface area contributed by atoms with Gasteiger partial charge in [-0.1, -0.05) is 12.1 Å². The van der Waals surface area contributed by atoms with E-state index in [9.17, 15) is 14.0 Å². The van der Waals surface area contributed by atoms with E-state index >= 15 is 0 Å². The summed E-state index contributed by atoms with van der Waals surface area (Å²) in [5.41, 5.74) is 0.642. The number of benzene rings is 1. The van der Waals surface area contributed by atoms with Crippen molar-refractivity contribution in [1.82, 2.24) is 14.8 Å². The first-order valence-electron chi connectivity index (χ1n) is 9.73. The lowest BCUT2D eigenvalue weighted by atomic mass is 10.2. The van der Waals surface area contributed by atoms with Gasteiger partial charge in [0.05, 0.1) is 12.2 Å². The number of piperazine rings is 1. The van der Waals surface area contributed by atoms with Crippen molar-refractivity contribution in [2.45, 2.75) is 18.9 Å². The minimum atomic E-state index is -0.457. The van der Waals surface area contributed by atoms with Gasteiger partial charge in [0.15, 0.2) is 0 Å². The molecule has 3 heterocycles. The Bertz CT molecular complexity index is 876. The van der Waals surface area contributed by atoms with E-state index in [0.717, 1.165) is 24.5 Å². The number of nitrogens with one attached hydrogen (secondary N) is 1. The fraction of sp³-hybridized carbons (Fsp3) is 0.450. The van der Waals surface area contributed by atoms with E-state index in [2.05, 4.69) is 10.3 Å². The maximum absolute atomic E-state index is 13.6. The Balaban J connectivity index is 1.26. The van der Waals surface area contributed by atoms with Gasteiger partial charge >= 0.3 is 0 Å². The van der Waals surface area contributed by atoms with Gasteiger partial charge in [0.25, 0.3) is 5.91 Å². The summed E-state index contributed by atoms with van der Waals surface area (Å²) in [5.74, 6) is -0.807. The molecule has 0 radical (unpaired) electrons. The van der Waals surface area contributed by atoms with E-state index in [-0.39, 0.29) is 30.2 Å². The third-order valence-electron chi connectivity index (χ3n) is 5.12. The van der Waals surface area contributed by atoms with Crippen molar-refractivity contribution in [3.05, 3.63) is 46.2 Å². The highest BCUT2D eigenvalue weighted by molar-refractivity contribution is 7.09. The topological polar surface area (TPSA) is 74.8 Å². The van der Waals surface area contributed by atoms with Gasteiger partial charge in [-0.15, -0.1) is 11.3 Å². The van der Waals surface area contributed by atoms with E-state index in [4.69, 9.17) is 4.74 Å². The molecule has 2 aromatic rings. The minimum absolute atomic E-state index is 0.0198. The van der Waals surface area contributed by atoms with E-state index in [0.29, 0.717) is 31.9 Å². The average Bonchev–Trinajstić information content (AvgIpc) is 3.41. The van der Waals surface area contributed by atoms with Crippen LogP contribution < -0.4 is 5.32 Å². The molecule has 1 aromatic carbocycles. The molecule has 1 N–H and O–H groups in total. The van der Waals surface area contributed by atoms with Crippen molar-refractivity contribution in [3.8, 4) is 0 Å². The predicted octanol–water partition coefficient (Wildman–Crippen LogP) is 2.53. The standard InChI is InChI=1S/C20H23FN4O3S/c21-14-4-1-2-5-15(14)22-18(26)12-24-7-9-25(10-8-24)20(27)16-13-29-19(23-16)17-6-3-11-28-17/h1-2,4-5,13,17H,3,6-12H2,(H,22,26)/t17-/m1/s1. The van der Waals surface area contributed by atoms with Crippen LogP contribution in [0.4, 0.5) is 10.1 Å². The number of halogens is 1. The van der Waals surface area contributed by atoms with Crippen LogP contribution in [0.3, 0.4) is 0 Å². The molecular formula is C20H23FN4O3S. The van der Waals surface area contributed by atoms with Gasteiger partial charge < -0.3 is 15.0 Å². The second-order valence-corrected chi connectivity index (χ2v) is 8.06. The molecule has 1 atom stereocenters. The van der Waals surface area contributed by atoms with E-state index in [1.54, 1.807) is 22.4 Å². The third kappa shape index (κ3) is 4.80. The summed E-state index contributed by atoms with van der Waals surface area (Å²) in [7, 11) is 0. The van der Waals surface area contributed by atoms with Gasteiger partial charge in [-0.05, 0) is 25.0 Å². The highest BCUT2D eigenvalue weighted by atomic mass is 32.1. The number of para-hydroxylation sites is 1. The van der Waals surface area contributed by atoms with Crippen LogP contribution in [0.5, 0.6) is 0 Å². The van der Waals surface area contributed by atoms with Crippen LogP contribution in [0.1, 0.15) is 34.4 Å². The van der Waals surface area contributed by atoms with Gasteiger partial charge in [-0.2, -0.15) is 0 Å². The molecule has 2 amide bonds. The van der Waals surface area contributed by atoms with Crippen molar-refractivity contribution < 1.29 is 18.7 Å². The lowest BCUT2D eigenvalue weighted by molar-refractivity contribution is -0.117. The zero-order chi connectivity index (χ0) is 20.2. The van der Waals surface area contributed by atoms with Crippen LogP contribution in [0, 0.1) is 5.82 Å². The third-order valence-corrected chi connectivity index (χ3v) is 6.06. The molecule has 7 nitrogen and oxygen atoms in total. The Morgan fingerprint density at radius 3 is 2.76 bits per heavy atom. The summed E-state index contributed by atoms with van der Waals surface area (Å²) in [5, 5.41) is 5.26. The number of rotatable bonds is 5. The van der Waals surface area contributed by atoms with Crippen molar-refractivity contribution in [2.24, 2.45) is 0 Å². The summed E-state index contributed by atoms with van der Waals surface area (Å²) < 4.78 is 19.3. The van der Waals surface area contributed by atoms with Gasteiger partial charge in [-0.25, -0.2) is 9.37 Å². The molecule has 0 unspecified atom stereocenters. The van der Waals surface area contributed by atoms with Crippen LogP contribution in [-0.2, 0) is 9.53 Å². The molecule has 4 rings (SSSR count). The SMILES string of the molecule is O=C(CN1CCN(C(=O)c2csc([C@H]3CCCO3)n2)CC1)Nc1ccccc1F. The first-order valence-corrected chi connectivity index (χ1v) is 10.6. The van der Waals surface area contributed by atoms with E-state index < -0.39 is 5.82 Å². The second-order valence-electron chi connectivity index (χ2n) is 7.17. The van der Waals surface area contributed by atoms with Gasteiger partial charge in [0.1, 0.15) is 22.6 Å². The molecule has 0 bridgehead atoms. The van der Waals surface area contributed by atoms with Crippen molar-refractivity contribution in [3.63, 3.8) is 0 Å². The molecule has 0 aliphatic carbocycles. The number of carbonyl (C=O) groups excluding carboxylic acids is 2. The molecule has 154 valence electrons. The predicted molar refractivity (Wildman–Crippen MR) is 107 cm³/mol. The van der Waals surface area contributed by atoms with Gasteiger partial charge in [0, 0.05) is 38.2 Å². The Kier molecular flexibility index (Phi) is 6.17.